The van der Waals surface area contributed by atoms with Crippen LogP contribution in [-0.2, 0) is 17.6 Å². The van der Waals surface area contributed by atoms with Gasteiger partial charge in [0.1, 0.15) is 5.82 Å². The molecule has 2 aliphatic rings. The molecule has 1 amide bonds. The van der Waals surface area contributed by atoms with Crippen molar-refractivity contribution in [2.45, 2.75) is 46.0 Å². The van der Waals surface area contributed by atoms with Crippen molar-refractivity contribution in [2.24, 2.45) is 11.8 Å². The number of piperidine rings is 1. The van der Waals surface area contributed by atoms with Crippen LogP contribution in [0.25, 0.3) is 11.4 Å². The molecule has 1 N–H and O–H groups in total. The maximum atomic E-state index is 12.6. The van der Waals surface area contributed by atoms with Crippen molar-refractivity contribution in [1.82, 2.24) is 15.3 Å². The molecule has 1 aromatic heterocycles. The van der Waals surface area contributed by atoms with Gasteiger partial charge in [-0.3, -0.25) is 4.79 Å². The van der Waals surface area contributed by atoms with Crippen molar-refractivity contribution in [3.63, 3.8) is 0 Å². The van der Waals surface area contributed by atoms with Gasteiger partial charge in [0, 0.05) is 36.5 Å². The molecule has 0 bridgehead atoms. The highest BCUT2D eigenvalue weighted by atomic mass is 16.1. The molecular formula is C23H30N4O. The van der Waals surface area contributed by atoms with Crippen LogP contribution >= 0.6 is 0 Å². The fraction of sp³-hybridized carbons (Fsp3) is 0.522. The van der Waals surface area contributed by atoms with Crippen LogP contribution in [0.15, 0.2) is 30.3 Å². The number of fused-ring (bicyclic) bond motifs is 1. The Balaban J connectivity index is 1.59. The van der Waals surface area contributed by atoms with Gasteiger partial charge >= 0.3 is 0 Å². The van der Waals surface area contributed by atoms with Crippen LogP contribution in [0, 0.1) is 11.8 Å². The monoisotopic (exact) mass is 378 g/mol. The van der Waals surface area contributed by atoms with Crippen molar-refractivity contribution in [2.75, 3.05) is 24.5 Å². The average Bonchev–Trinajstić information content (AvgIpc) is 3.20. The summed E-state index contributed by atoms with van der Waals surface area (Å²) in [5, 5.41) is 3.12. The van der Waals surface area contributed by atoms with E-state index in [0.717, 1.165) is 68.9 Å². The molecule has 5 nitrogen and oxygen atoms in total. The number of benzene rings is 1. The third kappa shape index (κ3) is 4.03. The van der Waals surface area contributed by atoms with Crippen molar-refractivity contribution in [1.29, 1.82) is 0 Å². The first-order chi connectivity index (χ1) is 13.6. The lowest BCUT2D eigenvalue weighted by atomic mass is 9.96. The number of anilines is 1. The number of amides is 1. The van der Waals surface area contributed by atoms with Gasteiger partial charge in [0.15, 0.2) is 5.82 Å². The van der Waals surface area contributed by atoms with Crippen LogP contribution < -0.4 is 10.2 Å². The Labute approximate surface area is 167 Å². The predicted molar refractivity (Wildman–Crippen MR) is 112 cm³/mol. The minimum atomic E-state index is 0.0414. The third-order valence-electron chi connectivity index (χ3n) is 5.72. The van der Waals surface area contributed by atoms with Gasteiger partial charge < -0.3 is 10.2 Å². The molecule has 2 aromatic rings. The van der Waals surface area contributed by atoms with Crippen LogP contribution in [-0.4, -0.2) is 35.5 Å². The number of aromatic nitrogens is 2. The average molecular weight is 379 g/mol. The molecule has 0 saturated carbocycles. The number of carbonyl (C=O) groups excluding carboxylic acids is 1. The number of carbonyl (C=O) groups is 1. The smallest absolute Gasteiger partial charge is 0.224 e. The standard InChI is InChI=1S/C23H30N4O/c1-16(2)14-24-23(28)18-10-7-13-27(15-18)22-19-11-6-12-20(19)25-21(26-22)17-8-4-3-5-9-17/h3-5,8-9,16,18H,6-7,10-15H2,1-2H3,(H,24,28). The number of nitrogens with one attached hydrogen (secondary N) is 1. The Morgan fingerprint density at radius 3 is 2.79 bits per heavy atom. The Hall–Kier alpha value is -2.43. The van der Waals surface area contributed by atoms with Gasteiger partial charge in [-0.1, -0.05) is 44.2 Å². The van der Waals surface area contributed by atoms with Gasteiger partial charge in [0.25, 0.3) is 0 Å². The maximum Gasteiger partial charge on any atom is 0.224 e. The molecule has 28 heavy (non-hydrogen) atoms. The fourth-order valence-electron chi connectivity index (χ4n) is 4.22. The Morgan fingerprint density at radius 2 is 2.00 bits per heavy atom. The maximum absolute atomic E-state index is 12.6. The molecule has 1 fully saturated rings. The van der Waals surface area contributed by atoms with Crippen molar-refractivity contribution >= 4 is 11.7 Å². The van der Waals surface area contributed by atoms with Crippen molar-refractivity contribution in [3.05, 3.63) is 41.6 Å². The first kappa shape index (κ1) is 18.9. The quantitative estimate of drug-likeness (QED) is 0.863. The number of hydrogen-bond donors (Lipinski definition) is 1. The highest BCUT2D eigenvalue weighted by Gasteiger charge is 2.30. The second-order valence-electron chi connectivity index (χ2n) is 8.44. The predicted octanol–water partition coefficient (Wildman–Crippen LogP) is 3.62. The summed E-state index contributed by atoms with van der Waals surface area (Å²) in [6.45, 7) is 6.72. The molecule has 148 valence electrons. The van der Waals surface area contributed by atoms with Gasteiger partial charge in [-0.2, -0.15) is 0 Å². The number of aryl methyl sites for hydroxylation is 1. The van der Waals surface area contributed by atoms with E-state index in [0.29, 0.717) is 5.92 Å². The lowest BCUT2D eigenvalue weighted by Gasteiger charge is -2.34. The second kappa shape index (κ2) is 8.29. The van der Waals surface area contributed by atoms with Crippen LogP contribution in [0.5, 0.6) is 0 Å². The van der Waals surface area contributed by atoms with E-state index in [4.69, 9.17) is 9.97 Å². The highest BCUT2D eigenvalue weighted by Crippen LogP contribution is 2.33. The fourth-order valence-corrected chi connectivity index (χ4v) is 4.22. The minimum Gasteiger partial charge on any atom is -0.356 e. The molecule has 2 heterocycles. The van der Waals surface area contributed by atoms with Crippen LogP contribution in [0.3, 0.4) is 0 Å². The minimum absolute atomic E-state index is 0.0414. The first-order valence-electron chi connectivity index (χ1n) is 10.6. The lowest BCUT2D eigenvalue weighted by molar-refractivity contribution is -0.125. The summed E-state index contributed by atoms with van der Waals surface area (Å²) in [7, 11) is 0. The SMILES string of the molecule is CC(C)CNC(=O)C1CCCN(c2nc(-c3ccccc3)nc3c2CCC3)C1. The van der Waals surface area contributed by atoms with E-state index in [2.05, 4.69) is 36.2 Å². The van der Waals surface area contributed by atoms with E-state index in [1.165, 1.54) is 11.3 Å². The summed E-state index contributed by atoms with van der Waals surface area (Å²) < 4.78 is 0. The van der Waals surface area contributed by atoms with Gasteiger partial charge in [0.05, 0.1) is 5.92 Å². The zero-order valence-corrected chi connectivity index (χ0v) is 16.9. The first-order valence-corrected chi connectivity index (χ1v) is 10.6. The third-order valence-corrected chi connectivity index (χ3v) is 5.72. The molecule has 1 atom stereocenters. The summed E-state index contributed by atoms with van der Waals surface area (Å²) in [6.07, 6.45) is 5.19. The Morgan fingerprint density at radius 1 is 1.18 bits per heavy atom. The highest BCUT2D eigenvalue weighted by molar-refractivity contribution is 5.79. The Kier molecular flexibility index (Phi) is 5.60. The zero-order chi connectivity index (χ0) is 19.5. The molecule has 1 unspecified atom stereocenters. The van der Waals surface area contributed by atoms with Gasteiger partial charge in [-0.15, -0.1) is 0 Å². The van der Waals surface area contributed by atoms with Gasteiger partial charge in [-0.25, -0.2) is 9.97 Å². The van der Waals surface area contributed by atoms with Crippen LogP contribution in [0.1, 0.15) is 44.4 Å². The molecule has 1 aliphatic carbocycles. The summed E-state index contributed by atoms with van der Waals surface area (Å²) >= 11 is 0. The molecule has 0 radical (unpaired) electrons. The molecule has 5 heteroatoms. The van der Waals surface area contributed by atoms with Gasteiger partial charge in [0.2, 0.25) is 5.91 Å². The normalized spacial score (nSPS) is 19.0. The van der Waals surface area contributed by atoms with Gasteiger partial charge in [-0.05, 0) is 38.0 Å². The van der Waals surface area contributed by atoms with E-state index < -0.39 is 0 Å². The van der Waals surface area contributed by atoms with Crippen LogP contribution in [0.2, 0.25) is 0 Å². The van der Waals surface area contributed by atoms with Crippen molar-refractivity contribution < 1.29 is 4.79 Å². The van der Waals surface area contributed by atoms with E-state index in [1.54, 1.807) is 0 Å². The molecular weight excluding hydrogens is 348 g/mol. The number of rotatable bonds is 5. The topological polar surface area (TPSA) is 58.1 Å². The van der Waals surface area contributed by atoms with E-state index in [1.807, 2.05) is 18.2 Å². The van der Waals surface area contributed by atoms with Crippen molar-refractivity contribution in [3.8, 4) is 11.4 Å². The van der Waals surface area contributed by atoms with E-state index in [-0.39, 0.29) is 11.8 Å². The summed E-state index contributed by atoms with van der Waals surface area (Å²) in [4.78, 5) is 24.8. The molecule has 0 spiro atoms. The molecule has 1 aromatic carbocycles. The summed E-state index contributed by atoms with van der Waals surface area (Å²) in [5.41, 5.74) is 3.54. The second-order valence-corrected chi connectivity index (χ2v) is 8.44. The lowest BCUT2D eigenvalue weighted by Crippen LogP contribution is -2.44. The summed E-state index contributed by atoms with van der Waals surface area (Å²) in [5.74, 6) is 2.57. The van der Waals surface area contributed by atoms with Crippen LogP contribution in [0.4, 0.5) is 5.82 Å². The van der Waals surface area contributed by atoms with E-state index >= 15 is 0 Å². The zero-order valence-electron chi connectivity index (χ0n) is 16.9. The number of hydrogen-bond acceptors (Lipinski definition) is 4. The molecule has 4 rings (SSSR count). The Bertz CT molecular complexity index is 834. The number of nitrogens with zero attached hydrogens (tertiary/aromatic N) is 3. The molecule has 1 aliphatic heterocycles. The molecule has 1 saturated heterocycles. The largest absolute Gasteiger partial charge is 0.356 e. The summed E-state index contributed by atoms with van der Waals surface area (Å²) in [6, 6.07) is 10.2. The van der Waals surface area contributed by atoms with E-state index in [9.17, 15) is 4.79 Å².